The van der Waals surface area contributed by atoms with Crippen molar-refractivity contribution >= 4 is 5.84 Å². The highest BCUT2D eigenvalue weighted by Gasteiger charge is 2.12. The fraction of sp³-hybridized carbons (Fsp3) is 0.870. The second-order valence-corrected chi connectivity index (χ2v) is 7.74. The number of aliphatic hydroxyl groups is 1. The molecule has 1 aliphatic heterocycles. The fourth-order valence-corrected chi connectivity index (χ4v) is 3.65. The van der Waals surface area contributed by atoms with Crippen molar-refractivity contribution < 1.29 is 5.11 Å². The smallest absolute Gasteiger partial charge is 0.123 e. The fourth-order valence-electron chi connectivity index (χ4n) is 3.65. The maximum absolute atomic E-state index is 9.04. The molecule has 0 aromatic carbocycles. The lowest BCUT2D eigenvalue weighted by Crippen LogP contribution is -2.29. The minimum atomic E-state index is 0.214. The Labute approximate surface area is 163 Å². The highest BCUT2D eigenvalue weighted by molar-refractivity contribution is 5.94. The molecule has 1 rings (SSSR count). The number of aliphatic imine (C=N–C) groups is 1. The van der Waals surface area contributed by atoms with Crippen molar-refractivity contribution in [2.75, 3.05) is 26.2 Å². The molecule has 0 aromatic heterocycles. The van der Waals surface area contributed by atoms with Gasteiger partial charge in [0.2, 0.25) is 0 Å². The molecule has 0 saturated heterocycles. The molecule has 0 amide bonds. The summed E-state index contributed by atoms with van der Waals surface area (Å²) in [4.78, 5) is 6.66. The molecule has 0 radical (unpaired) electrons. The first-order valence-corrected chi connectivity index (χ1v) is 11.4. The Hall–Kier alpha value is -0.830. The number of hydrogen-bond donors (Lipinski definition) is 1. The Morgan fingerprint density at radius 3 is 1.92 bits per heavy atom. The highest BCUT2D eigenvalue weighted by atomic mass is 16.3. The Bertz CT molecular complexity index is 365. The third-order valence-electron chi connectivity index (χ3n) is 5.33. The Kier molecular flexibility index (Phi) is 15.7. The molecule has 0 unspecified atom stereocenters. The molecule has 0 saturated carbocycles. The first kappa shape index (κ1) is 23.2. The monoisotopic (exact) mass is 364 g/mol. The van der Waals surface area contributed by atoms with E-state index in [9.17, 15) is 0 Å². The molecular weight excluding hydrogens is 320 g/mol. The van der Waals surface area contributed by atoms with Gasteiger partial charge in [-0.05, 0) is 18.9 Å². The van der Waals surface area contributed by atoms with Crippen molar-refractivity contribution in [3.8, 4) is 0 Å². The molecule has 26 heavy (non-hydrogen) atoms. The van der Waals surface area contributed by atoms with Gasteiger partial charge in [-0.2, -0.15) is 0 Å². The van der Waals surface area contributed by atoms with Crippen LogP contribution in [-0.4, -0.2) is 42.1 Å². The quantitative estimate of drug-likeness (QED) is 0.297. The number of nitrogens with zero attached hydrogens (tertiary/aromatic N) is 2. The predicted molar refractivity (Wildman–Crippen MR) is 115 cm³/mol. The summed E-state index contributed by atoms with van der Waals surface area (Å²) in [6, 6.07) is 0. The second kappa shape index (κ2) is 17.6. The minimum Gasteiger partial charge on any atom is -0.395 e. The lowest BCUT2D eigenvalue weighted by Gasteiger charge is -2.16. The average Bonchev–Trinajstić information content (AvgIpc) is 3.09. The van der Waals surface area contributed by atoms with E-state index in [0.29, 0.717) is 6.54 Å². The third kappa shape index (κ3) is 12.5. The minimum absolute atomic E-state index is 0.214. The topological polar surface area (TPSA) is 35.8 Å². The van der Waals surface area contributed by atoms with Crippen LogP contribution in [0.4, 0.5) is 0 Å². The van der Waals surface area contributed by atoms with Crippen LogP contribution in [0.25, 0.3) is 0 Å². The van der Waals surface area contributed by atoms with E-state index in [4.69, 9.17) is 5.11 Å². The molecule has 3 nitrogen and oxygen atoms in total. The van der Waals surface area contributed by atoms with E-state index in [0.717, 1.165) is 25.3 Å². The summed E-state index contributed by atoms with van der Waals surface area (Å²) in [5, 5.41) is 9.04. The highest BCUT2D eigenvalue weighted by Crippen LogP contribution is 2.13. The van der Waals surface area contributed by atoms with Gasteiger partial charge in [0.05, 0.1) is 13.2 Å². The van der Waals surface area contributed by atoms with E-state index in [-0.39, 0.29) is 6.61 Å². The summed E-state index contributed by atoms with van der Waals surface area (Å²) in [6.45, 7) is 5.04. The number of aliphatic hydroxyl groups excluding tert-OH is 1. The predicted octanol–water partition coefficient (Wildman–Crippen LogP) is 6.12. The van der Waals surface area contributed by atoms with Gasteiger partial charge in [-0.1, -0.05) is 96.5 Å². The maximum atomic E-state index is 9.04. The van der Waals surface area contributed by atoms with Gasteiger partial charge in [0, 0.05) is 13.1 Å². The van der Waals surface area contributed by atoms with Gasteiger partial charge < -0.3 is 10.0 Å². The number of hydrogen-bond acceptors (Lipinski definition) is 3. The van der Waals surface area contributed by atoms with Crippen molar-refractivity contribution in [2.45, 2.75) is 103 Å². The first-order valence-electron chi connectivity index (χ1n) is 11.4. The van der Waals surface area contributed by atoms with Gasteiger partial charge in [0.25, 0.3) is 0 Å². The summed E-state index contributed by atoms with van der Waals surface area (Å²) < 4.78 is 0. The zero-order chi connectivity index (χ0) is 18.7. The van der Waals surface area contributed by atoms with Gasteiger partial charge in [-0.3, -0.25) is 4.99 Å². The molecular formula is C23H44N2O. The lowest BCUT2D eigenvalue weighted by molar-refractivity contribution is 0.257. The van der Waals surface area contributed by atoms with Gasteiger partial charge in [-0.15, -0.1) is 0 Å². The van der Waals surface area contributed by atoms with Crippen LogP contribution in [0.15, 0.2) is 17.1 Å². The van der Waals surface area contributed by atoms with Gasteiger partial charge >= 0.3 is 0 Å². The van der Waals surface area contributed by atoms with E-state index in [1.165, 1.54) is 89.9 Å². The molecule has 1 aliphatic rings. The maximum Gasteiger partial charge on any atom is 0.123 e. The van der Waals surface area contributed by atoms with Crippen LogP contribution in [0.2, 0.25) is 0 Å². The van der Waals surface area contributed by atoms with Crippen LogP contribution < -0.4 is 0 Å². The van der Waals surface area contributed by atoms with Crippen molar-refractivity contribution in [3.05, 3.63) is 12.2 Å². The number of amidine groups is 1. The number of unbranched alkanes of at least 4 members (excludes halogenated alkanes) is 14. The normalized spacial score (nSPS) is 14.5. The molecule has 1 N–H and O–H groups in total. The van der Waals surface area contributed by atoms with E-state index in [2.05, 4.69) is 29.0 Å². The van der Waals surface area contributed by atoms with Gasteiger partial charge in [0.15, 0.2) is 0 Å². The van der Waals surface area contributed by atoms with Crippen LogP contribution in [0.1, 0.15) is 103 Å². The van der Waals surface area contributed by atoms with Crippen molar-refractivity contribution in [3.63, 3.8) is 0 Å². The van der Waals surface area contributed by atoms with Crippen LogP contribution in [0.3, 0.4) is 0 Å². The van der Waals surface area contributed by atoms with E-state index in [1.807, 2.05) is 0 Å². The summed E-state index contributed by atoms with van der Waals surface area (Å²) in [5.41, 5.74) is 0. The largest absolute Gasteiger partial charge is 0.395 e. The number of rotatable bonds is 18. The molecule has 152 valence electrons. The summed E-state index contributed by atoms with van der Waals surface area (Å²) in [7, 11) is 0. The van der Waals surface area contributed by atoms with Gasteiger partial charge in [-0.25, -0.2) is 0 Å². The van der Waals surface area contributed by atoms with E-state index in [1.54, 1.807) is 0 Å². The molecule has 0 fully saturated rings. The van der Waals surface area contributed by atoms with E-state index < -0.39 is 0 Å². The molecule has 0 aromatic rings. The molecule has 3 heteroatoms. The first-order chi connectivity index (χ1) is 12.9. The zero-order valence-electron chi connectivity index (χ0n) is 17.4. The van der Waals surface area contributed by atoms with Crippen molar-refractivity contribution in [1.82, 2.24) is 4.90 Å². The van der Waals surface area contributed by atoms with Gasteiger partial charge in [0.1, 0.15) is 5.84 Å². The summed E-state index contributed by atoms with van der Waals surface area (Å²) in [6.07, 6.45) is 25.4. The van der Waals surface area contributed by atoms with Crippen LogP contribution in [0.5, 0.6) is 0 Å². The zero-order valence-corrected chi connectivity index (χ0v) is 17.4. The SMILES string of the molecule is CCCCCCCCCCCCCCCC/C=C/C1=NCCN1CCO. The average molecular weight is 365 g/mol. The number of β-amino-alcohol motifs (C(OH)–C–C–N with tert-alkyl or cyclic N) is 1. The Balaban J connectivity index is 1.80. The summed E-state index contributed by atoms with van der Waals surface area (Å²) >= 11 is 0. The lowest BCUT2D eigenvalue weighted by atomic mass is 10.0. The molecule has 0 bridgehead atoms. The van der Waals surface area contributed by atoms with E-state index >= 15 is 0 Å². The standard InChI is InChI=1S/C23H44N2O/c1-2-3-4-5-6-7-8-9-10-11-12-13-14-15-16-17-18-23-24-19-20-25(23)21-22-26/h17-18,26H,2-16,19-22H2,1H3/b18-17+. The molecule has 0 atom stereocenters. The van der Waals surface area contributed by atoms with Crippen LogP contribution in [0, 0.1) is 0 Å². The van der Waals surface area contributed by atoms with Crippen molar-refractivity contribution in [1.29, 1.82) is 0 Å². The molecule has 1 heterocycles. The second-order valence-electron chi connectivity index (χ2n) is 7.74. The van der Waals surface area contributed by atoms with Crippen molar-refractivity contribution in [2.24, 2.45) is 4.99 Å². The number of allylic oxidation sites excluding steroid dienone is 1. The Morgan fingerprint density at radius 2 is 1.38 bits per heavy atom. The van der Waals surface area contributed by atoms with Crippen LogP contribution in [-0.2, 0) is 0 Å². The summed E-state index contributed by atoms with van der Waals surface area (Å²) in [5.74, 6) is 1.06. The molecule has 0 spiro atoms. The third-order valence-corrected chi connectivity index (χ3v) is 5.33. The van der Waals surface area contributed by atoms with Crippen LogP contribution >= 0.6 is 0 Å². The Morgan fingerprint density at radius 1 is 0.846 bits per heavy atom. The molecule has 0 aliphatic carbocycles.